The zero-order valence-corrected chi connectivity index (χ0v) is 25.5. The number of nitrogens with two attached hydrogens (primary N) is 1. The van der Waals surface area contributed by atoms with Crippen molar-refractivity contribution in [2.75, 3.05) is 6.54 Å². The fraction of sp³-hybridized carbons (Fsp3) is 0.364. The SMILES string of the molecule is C=C[C@@H](N)CCCc1cc(Cl)c(F)c(-c2cc3cn(-c4ccc([C@@H]5CCC[C@@H](CCNC(C)=N)N5)c(F)c4)c(=O)nc3[nH]2)c1. The van der Waals surface area contributed by atoms with Gasteiger partial charge in [-0.1, -0.05) is 30.2 Å². The lowest BCUT2D eigenvalue weighted by Gasteiger charge is -2.32. The summed E-state index contributed by atoms with van der Waals surface area (Å²) in [6.07, 6.45) is 9.11. The van der Waals surface area contributed by atoms with Crippen LogP contribution in [0.15, 0.2) is 60.0 Å². The van der Waals surface area contributed by atoms with Crippen LogP contribution in [0.5, 0.6) is 0 Å². The summed E-state index contributed by atoms with van der Waals surface area (Å²) in [4.78, 5) is 20.2. The van der Waals surface area contributed by atoms with E-state index in [9.17, 15) is 4.79 Å². The third kappa shape index (κ3) is 7.26. The lowest BCUT2D eigenvalue weighted by Crippen LogP contribution is -2.39. The molecule has 2 aromatic heterocycles. The number of piperidine rings is 1. The number of rotatable bonds is 11. The number of nitrogens with zero attached hydrogens (tertiary/aromatic N) is 2. The number of nitrogens with one attached hydrogen (secondary N) is 4. The first-order valence-electron chi connectivity index (χ1n) is 15.0. The second kappa shape index (κ2) is 13.8. The van der Waals surface area contributed by atoms with Gasteiger partial charge in [0.25, 0.3) is 0 Å². The van der Waals surface area contributed by atoms with Gasteiger partial charge in [0.05, 0.1) is 22.2 Å². The van der Waals surface area contributed by atoms with Crippen molar-refractivity contribution in [3.63, 3.8) is 0 Å². The molecule has 1 fully saturated rings. The van der Waals surface area contributed by atoms with E-state index < -0.39 is 17.3 Å². The van der Waals surface area contributed by atoms with Gasteiger partial charge < -0.3 is 21.4 Å². The molecule has 6 N–H and O–H groups in total. The zero-order valence-electron chi connectivity index (χ0n) is 24.7. The van der Waals surface area contributed by atoms with Gasteiger partial charge in [-0.05, 0) is 81.3 Å². The standard InChI is InChI=1S/C33H38ClF2N7O/c1-3-22(38)7-4-6-20-14-26(31(36)27(34)15-20)30-16-21-18-43(33(44)42-32(21)41-30)24-10-11-25(28(35)17-24)29-9-5-8-23(40-29)12-13-39-19(2)37/h3,10-11,14-18,22-23,29,40H,1,4-9,12-13,38H2,2H3,(H2,37,39)(H,41,42,44)/t22-,23+,29+/m1/s1. The van der Waals surface area contributed by atoms with Gasteiger partial charge in [-0.15, -0.1) is 6.58 Å². The van der Waals surface area contributed by atoms with E-state index in [-0.39, 0.29) is 28.7 Å². The van der Waals surface area contributed by atoms with E-state index in [0.717, 1.165) is 44.1 Å². The molecule has 3 atom stereocenters. The van der Waals surface area contributed by atoms with Gasteiger partial charge in [-0.3, -0.25) is 9.98 Å². The predicted molar refractivity (Wildman–Crippen MR) is 173 cm³/mol. The molecule has 2 aromatic carbocycles. The number of fused-ring (bicyclic) bond motifs is 1. The van der Waals surface area contributed by atoms with Crippen LogP contribution in [0.1, 0.15) is 62.6 Å². The van der Waals surface area contributed by atoms with Crippen LogP contribution in [-0.4, -0.2) is 39.0 Å². The van der Waals surface area contributed by atoms with Crippen LogP contribution < -0.4 is 22.1 Å². The summed E-state index contributed by atoms with van der Waals surface area (Å²) in [7, 11) is 0. The number of benzene rings is 2. The minimum atomic E-state index is -0.589. The molecule has 0 radical (unpaired) electrons. The highest BCUT2D eigenvalue weighted by Gasteiger charge is 2.24. The molecule has 1 aliphatic heterocycles. The van der Waals surface area contributed by atoms with Crippen molar-refractivity contribution in [3.8, 4) is 16.9 Å². The van der Waals surface area contributed by atoms with E-state index in [1.807, 2.05) is 0 Å². The lowest BCUT2D eigenvalue weighted by atomic mass is 9.91. The van der Waals surface area contributed by atoms with Crippen LogP contribution in [0.3, 0.4) is 0 Å². The minimum absolute atomic E-state index is 0.00387. The molecule has 0 amide bonds. The molecule has 0 unspecified atom stereocenters. The van der Waals surface area contributed by atoms with Crippen molar-refractivity contribution in [2.24, 2.45) is 5.73 Å². The van der Waals surface area contributed by atoms with E-state index in [1.54, 1.807) is 49.5 Å². The Kier molecular flexibility index (Phi) is 9.93. The van der Waals surface area contributed by atoms with Gasteiger partial charge in [-0.2, -0.15) is 4.98 Å². The van der Waals surface area contributed by atoms with Gasteiger partial charge in [0.1, 0.15) is 11.5 Å². The topological polar surface area (TPSA) is 125 Å². The summed E-state index contributed by atoms with van der Waals surface area (Å²) in [5.74, 6) is -0.546. The number of halogens is 3. The fourth-order valence-electron chi connectivity index (χ4n) is 5.84. The Morgan fingerprint density at radius 2 is 2.11 bits per heavy atom. The quantitative estimate of drug-likeness (QED) is 0.0763. The average Bonchev–Trinajstić information content (AvgIpc) is 3.40. The van der Waals surface area contributed by atoms with Gasteiger partial charge in [0, 0.05) is 47.4 Å². The van der Waals surface area contributed by atoms with Crippen molar-refractivity contribution in [3.05, 3.63) is 93.5 Å². The van der Waals surface area contributed by atoms with Gasteiger partial charge in [0.15, 0.2) is 5.82 Å². The van der Waals surface area contributed by atoms with Crippen LogP contribution >= 0.6 is 11.6 Å². The molecule has 0 saturated carbocycles. The third-order valence-electron chi connectivity index (χ3n) is 8.19. The normalized spacial score (nSPS) is 17.5. The molecular formula is C33H38ClF2N7O. The molecule has 5 rings (SSSR count). The maximum atomic E-state index is 15.5. The van der Waals surface area contributed by atoms with E-state index >= 15 is 8.78 Å². The number of aromatic amines is 1. The van der Waals surface area contributed by atoms with E-state index in [2.05, 4.69) is 27.2 Å². The summed E-state index contributed by atoms with van der Waals surface area (Å²) >= 11 is 6.24. The van der Waals surface area contributed by atoms with Gasteiger partial charge in [0.2, 0.25) is 0 Å². The van der Waals surface area contributed by atoms with E-state index in [4.69, 9.17) is 22.7 Å². The smallest absolute Gasteiger partial charge is 0.354 e. The Balaban J connectivity index is 1.37. The molecule has 0 bridgehead atoms. The van der Waals surface area contributed by atoms with Crippen molar-refractivity contribution < 1.29 is 8.78 Å². The highest BCUT2D eigenvalue weighted by molar-refractivity contribution is 6.31. The summed E-state index contributed by atoms with van der Waals surface area (Å²) in [6.45, 7) is 6.10. The van der Waals surface area contributed by atoms with Crippen molar-refractivity contribution >= 4 is 28.5 Å². The Morgan fingerprint density at radius 1 is 1.30 bits per heavy atom. The molecule has 44 heavy (non-hydrogen) atoms. The molecule has 232 valence electrons. The summed E-state index contributed by atoms with van der Waals surface area (Å²) < 4.78 is 31.9. The molecule has 1 saturated heterocycles. The first-order valence-corrected chi connectivity index (χ1v) is 15.3. The monoisotopic (exact) mass is 621 g/mol. The maximum Gasteiger partial charge on any atom is 0.354 e. The molecule has 1 aliphatic rings. The molecule has 4 aromatic rings. The lowest BCUT2D eigenvalue weighted by molar-refractivity contribution is 0.307. The Bertz CT molecular complexity index is 1730. The second-order valence-electron chi connectivity index (χ2n) is 11.5. The Morgan fingerprint density at radius 3 is 2.86 bits per heavy atom. The van der Waals surface area contributed by atoms with Crippen molar-refractivity contribution in [2.45, 2.75) is 70.0 Å². The fourth-order valence-corrected chi connectivity index (χ4v) is 6.09. The highest BCUT2D eigenvalue weighted by Crippen LogP contribution is 2.32. The minimum Gasteiger partial charge on any atom is -0.374 e. The highest BCUT2D eigenvalue weighted by atomic mass is 35.5. The van der Waals surface area contributed by atoms with Crippen LogP contribution in [-0.2, 0) is 6.42 Å². The number of hydrogen-bond acceptors (Lipinski definition) is 5. The van der Waals surface area contributed by atoms with Crippen LogP contribution in [0.4, 0.5) is 8.78 Å². The number of aromatic nitrogens is 3. The van der Waals surface area contributed by atoms with Crippen LogP contribution in [0, 0.1) is 17.0 Å². The molecule has 11 heteroatoms. The van der Waals surface area contributed by atoms with E-state index in [0.29, 0.717) is 46.8 Å². The van der Waals surface area contributed by atoms with Crippen LogP contribution in [0.25, 0.3) is 28.0 Å². The Labute approximate surface area is 260 Å². The van der Waals surface area contributed by atoms with Gasteiger partial charge in [-0.25, -0.2) is 13.6 Å². The number of hydrogen-bond donors (Lipinski definition) is 5. The van der Waals surface area contributed by atoms with Crippen LogP contribution in [0.2, 0.25) is 5.02 Å². The summed E-state index contributed by atoms with van der Waals surface area (Å²) in [5, 5.41) is 14.7. The molecular weight excluding hydrogens is 584 g/mol. The first kappa shape index (κ1) is 31.6. The number of aryl methyl sites for hydroxylation is 1. The predicted octanol–water partition coefficient (Wildman–Crippen LogP) is 6.31. The molecule has 8 nitrogen and oxygen atoms in total. The van der Waals surface area contributed by atoms with Crippen molar-refractivity contribution in [1.29, 1.82) is 5.41 Å². The number of amidine groups is 1. The van der Waals surface area contributed by atoms with Crippen molar-refractivity contribution in [1.82, 2.24) is 25.2 Å². The second-order valence-corrected chi connectivity index (χ2v) is 11.9. The third-order valence-corrected chi connectivity index (χ3v) is 8.47. The average molecular weight is 622 g/mol. The number of H-pyrrole nitrogens is 1. The summed E-state index contributed by atoms with van der Waals surface area (Å²) in [5.41, 5.74) is 8.10. The largest absolute Gasteiger partial charge is 0.374 e. The zero-order chi connectivity index (χ0) is 31.4. The first-order chi connectivity index (χ1) is 21.1. The van der Waals surface area contributed by atoms with Gasteiger partial charge >= 0.3 is 5.69 Å². The molecule has 3 heterocycles. The maximum absolute atomic E-state index is 15.5. The molecule has 0 aliphatic carbocycles. The van der Waals surface area contributed by atoms with E-state index in [1.165, 1.54) is 10.6 Å². The molecule has 0 spiro atoms. The Hall–Kier alpha value is -3.86. The summed E-state index contributed by atoms with van der Waals surface area (Å²) in [6, 6.07) is 9.83.